The number of hydrogen-bond acceptors (Lipinski definition) is 5. The van der Waals surface area contributed by atoms with Crippen molar-refractivity contribution in [3.63, 3.8) is 0 Å². The van der Waals surface area contributed by atoms with Gasteiger partial charge < -0.3 is 0 Å². The molecule has 0 radical (unpaired) electrons. The van der Waals surface area contributed by atoms with E-state index in [0.717, 1.165) is 5.69 Å². The van der Waals surface area contributed by atoms with Gasteiger partial charge in [-0.25, -0.2) is 13.4 Å². The molecule has 2 N–H and O–H groups in total. The van der Waals surface area contributed by atoms with Crippen LogP contribution in [0.15, 0.2) is 10.3 Å². The third kappa shape index (κ3) is 2.85. The number of sulfonamides is 1. The quantitative estimate of drug-likeness (QED) is 0.911. The van der Waals surface area contributed by atoms with Crippen molar-refractivity contribution in [2.24, 2.45) is 0 Å². The van der Waals surface area contributed by atoms with Gasteiger partial charge in [0.25, 0.3) is 10.0 Å². The summed E-state index contributed by atoms with van der Waals surface area (Å²) in [6, 6.07) is 0. The molecule has 2 rings (SSSR count). The third-order valence-corrected chi connectivity index (χ3v) is 5.31. The van der Waals surface area contributed by atoms with E-state index in [1.54, 1.807) is 13.8 Å². The number of aromatic nitrogens is 3. The van der Waals surface area contributed by atoms with Crippen molar-refractivity contribution in [2.45, 2.75) is 44.9 Å². The van der Waals surface area contributed by atoms with Gasteiger partial charge in [-0.2, -0.15) is 5.10 Å². The molecule has 0 aliphatic rings. The van der Waals surface area contributed by atoms with Gasteiger partial charge in [0.2, 0.25) is 0 Å². The van der Waals surface area contributed by atoms with Crippen molar-refractivity contribution in [1.29, 1.82) is 0 Å². The zero-order valence-corrected chi connectivity index (χ0v) is 13.7. The second-order valence-electron chi connectivity index (χ2n) is 5.66. The Bertz CT molecular complexity index is 703. The minimum absolute atomic E-state index is 0.109. The highest BCUT2D eigenvalue weighted by Gasteiger charge is 2.24. The van der Waals surface area contributed by atoms with Crippen LogP contribution < -0.4 is 4.72 Å². The summed E-state index contributed by atoms with van der Waals surface area (Å²) in [6.07, 6.45) is 0. The highest BCUT2D eigenvalue weighted by Crippen LogP contribution is 2.28. The van der Waals surface area contributed by atoms with E-state index in [9.17, 15) is 8.42 Å². The zero-order chi connectivity index (χ0) is 15.1. The SMILES string of the molecule is Cc1n[nH]c(C)c1S(=O)(=O)Nc1nc(C(C)(C)C)cs1. The van der Waals surface area contributed by atoms with Gasteiger partial charge in [-0.1, -0.05) is 20.8 Å². The third-order valence-electron chi connectivity index (χ3n) is 2.82. The van der Waals surface area contributed by atoms with E-state index in [1.807, 2.05) is 26.2 Å². The van der Waals surface area contributed by atoms with Crippen LogP contribution in [0.25, 0.3) is 0 Å². The minimum Gasteiger partial charge on any atom is -0.281 e. The molecule has 0 saturated heterocycles. The highest BCUT2D eigenvalue weighted by atomic mass is 32.2. The molecule has 0 amide bonds. The normalized spacial score (nSPS) is 12.7. The Hall–Kier alpha value is -1.41. The molecule has 110 valence electrons. The van der Waals surface area contributed by atoms with Crippen LogP contribution in [-0.4, -0.2) is 23.6 Å². The van der Waals surface area contributed by atoms with Gasteiger partial charge >= 0.3 is 0 Å². The predicted molar refractivity (Wildman–Crippen MR) is 79.7 cm³/mol. The second kappa shape index (κ2) is 4.85. The van der Waals surface area contributed by atoms with Gasteiger partial charge in [0.05, 0.1) is 17.1 Å². The van der Waals surface area contributed by atoms with E-state index in [0.29, 0.717) is 16.5 Å². The number of aromatic amines is 1. The van der Waals surface area contributed by atoms with Crippen LogP contribution in [-0.2, 0) is 15.4 Å². The molecule has 0 unspecified atom stereocenters. The van der Waals surface area contributed by atoms with E-state index in [-0.39, 0.29) is 10.3 Å². The summed E-state index contributed by atoms with van der Waals surface area (Å²) < 4.78 is 27.2. The lowest BCUT2D eigenvalue weighted by Gasteiger charge is -2.14. The number of hydrogen-bond donors (Lipinski definition) is 2. The summed E-state index contributed by atoms with van der Waals surface area (Å²) in [5.74, 6) is 0. The topological polar surface area (TPSA) is 87.7 Å². The molecule has 0 aromatic carbocycles. The van der Waals surface area contributed by atoms with Gasteiger partial charge in [0.15, 0.2) is 5.13 Å². The number of nitrogens with zero attached hydrogens (tertiary/aromatic N) is 2. The smallest absolute Gasteiger partial charge is 0.267 e. The molecule has 2 aromatic heterocycles. The summed E-state index contributed by atoms with van der Waals surface area (Å²) in [7, 11) is -3.66. The van der Waals surface area contributed by atoms with Crippen LogP contribution in [0.3, 0.4) is 0 Å². The number of rotatable bonds is 3. The van der Waals surface area contributed by atoms with E-state index >= 15 is 0 Å². The first-order valence-electron chi connectivity index (χ1n) is 6.11. The number of thiazole rings is 1. The molecule has 0 atom stereocenters. The Balaban J connectivity index is 2.32. The predicted octanol–water partition coefficient (Wildman–Crippen LogP) is 2.58. The fourth-order valence-corrected chi connectivity index (χ4v) is 4.33. The van der Waals surface area contributed by atoms with Crippen molar-refractivity contribution in [3.8, 4) is 0 Å². The maximum Gasteiger partial charge on any atom is 0.267 e. The summed E-state index contributed by atoms with van der Waals surface area (Å²) in [5.41, 5.74) is 1.72. The molecule has 2 heterocycles. The Morgan fingerprint density at radius 1 is 1.30 bits per heavy atom. The molecule has 0 fully saturated rings. The lowest BCUT2D eigenvalue weighted by molar-refractivity contribution is 0.573. The molecule has 2 aromatic rings. The summed E-state index contributed by atoms with van der Waals surface area (Å²) >= 11 is 1.28. The van der Waals surface area contributed by atoms with Crippen LogP contribution in [0.2, 0.25) is 0 Å². The van der Waals surface area contributed by atoms with E-state index in [2.05, 4.69) is 19.9 Å². The van der Waals surface area contributed by atoms with Gasteiger partial charge in [-0.3, -0.25) is 9.82 Å². The minimum atomic E-state index is -3.66. The molecular formula is C12H18N4O2S2. The molecule has 0 aliphatic carbocycles. The molecule has 20 heavy (non-hydrogen) atoms. The van der Waals surface area contributed by atoms with E-state index in [4.69, 9.17) is 0 Å². The maximum atomic E-state index is 12.4. The van der Waals surface area contributed by atoms with Crippen LogP contribution in [0.5, 0.6) is 0 Å². The van der Waals surface area contributed by atoms with Crippen molar-refractivity contribution in [2.75, 3.05) is 4.72 Å². The number of aryl methyl sites for hydroxylation is 2. The first kappa shape index (κ1) is 15.0. The first-order valence-corrected chi connectivity index (χ1v) is 8.48. The van der Waals surface area contributed by atoms with Gasteiger partial charge in [0.1, 0.15) is 4.90 Å². The number of nitrogens with one attached hydrogen (secondary N) is 2. The van der Waals surface area contributed by atoms with Crippen LogP contribution >= 0.6 is 11.3 Å². The Morgan fingerprint density at radius 2 is 1.95 bits per heavy atom. The first-order chi connectivity index (χ1) is 9.11. The lowest BCUT2D eigenvalue weighted by atomic mass is 9.93. The fourth-order valence-electron chi connectivity index (χ4n) is 1.77. The van der Waals surface area contributed by atoms with Crippen LogP contribution in [0, 0.1) is 13.8 Å². The fraction of sp³-hybridized carbons (Fsp3) is 0.500. The average Bonchev–Trinajstić information content (AvgIpc) is 2.84. The number of H-pyrrole nitrogens is 1. The van der Waals surface area contributed by atoms with Crippen LogP contribution in [0.4, 0.5) is 5.13 Å². The average molecular weight is 314 g/mol. The molecule has 0 saturated carbocycles. The lowest BCUT2D eigenvalue weighted by Crippen LogP contribution is -2.16. The zero-order valence-electron chi connectivity index (χ0n) is 12.1. The van der Waals surface area contributed by atoms with Crippen molar-refractivity contribution < 1.29 is 8.42 Å². The Labute approximate surface area is 122 Å². The van der Waals surface area contributed by atoms with Gasteiger partial charge in [-0.15, -0.1) is 11.3 Å². The van der Waals surface area contributed by atoms with E-state index in [1.165, 1.54) is 11.3 Å². The molecule has 0 bridgehead atoms. The van der Waals surface area contributed by atoms with Crippen molar-refractivity contribution in [1.82, 2.24) is 15.2 Å². The van der Waals surface area contributed by atoms with Gasteiger partial charge in [-0.05, 0) is 13.8 Å². The van der Waals surface area contributed by atoms with Crippen molar-refractivity contribution in [3.05, 3.63) is 22.5 Å². The highest BCUT2D eigenvalue weighted by molar-refractivity contribution is 7.93. The summed E-state index contributed by atoms with van der Waals surface area (Å²) in [4.78, 5) is 4.52. The van der Waals surface area contributed by atoms with Crippen LogP contribution in [0.1, 0.15) is 37.9 Å². The monoisotopic (exact) mass is 314 g/mol. The number of anilines is 1. The maximum absolute atomic E-state index is 12.4. The summed E-state index contributed by atoms with van der Waals surface area (Å²) in [5, 5.41) is 8.82. The standard InChI is InChI=1S/C12H18N4O2S2/c1-7-10(8(2)15-14-7)20(17,18)16-11-13-9(6-19-11)12(3,4)5/h6H,1-5H3,(H,13,16)(H,14,15). The molecular weight excluding hydrogens is 296 g/mol. The Morgan fingerprint density at radius 3 is 2.40 bits per heavy atom. The van der Waals surface area contributed by atoms with Crippen molar-refractivity contribution >= 4 is 26.5 Å². The molecule has 0 spiro atoms. The van der Waals surface area contributed by atoms with Gasteiger partial charge in [0, 0.05) is 10.8 Å². The Kier molecular flexibility index (Phi) is 3.64. The molecule has 0 aliphatic heterocycles. The molecule has 6 nitrogen and oxygen atoms in total. The second-order valence-corrected chi connectivity index (χ2v) is 8.13. The summed E-state index contributed by atoms with van der Waals surface area (Å²) in [6.45, 7) is 9.43. The molecule has 8 heteroatoms. The largest absolute Gasteiger partial charge is 0.281 e. The van der Waals surface area contributed by atoms with E-state index < -0.39 is 10.0 Å².